The number of hydrogen-bond donors (Lipinski definition) is 0. The molecule has 26 heavy (non-hydrogen) atoms. The smallest absolute Gasteiger partial charge is 0.223 e. The number of benzene rings is 2. The van der Waals surface area contributed by atoms with Gasteiger partial charge >= 0.3 is 0 Å². The van der Waals surface area contributed by atoms with E-state index in [2.05, 4.69) is 17.0 Å². The van der Waals surface area contributed by atoms with Crippen molar-refractivity contribution < 1.29 is 9.59 Å². The fourth-order valence-electron chi connectivity index (χ4n) is 3.16. The maximum Gasteiger partial charge on any atom is 0.223 e. The number of amides is 1. The number of nitrogens with zero attached hydrogens (tertiary/aromatic N) is 2. The molecule has 0 bridgehead atoms. The maximum absolute atomic E-state index is 12.4. The van der Waals surface area contributed by atoms with E-state index < -0.39 is 0 Å². The van der Waals surface area contributed by atoms with Gasteiger partial charge in [-0.3, -0.25) is 14.5 Å². The Morgan fingerprint density at radius 3 is 2.15 bits per heavy atom. The summed E-state index contributed by atoms with van der Waals surface area (Å²) in [5.74, 6) is 0.0457. The monoisotopic (exact) mass is 370 g/mol. The third-order valence-electron chi connectivity index (χ3n) is 4.71. The van der Waals surface area contributed by atoms with Crippen LogP contribution in [0.15, 0.2) is 54.6 Å². The molecular formula is C21H23ClN2O2. The van der Waals surface area contributed by atoms with Crippen LogP contribution in [0.4, 0.5) is 0 Å². The molecule has 1 saturated heterocycles. The van der Waals surface area contributed by atoms with Crippen LogP contribution in [0, 0.1) is 0 Å². The highest BCUT2D eigenvalue weighted by atomic mass is 35.5. The summed E-state index contributed by atoms with van der Waals surface area (Å²) in [4.78, 5) is 28.8. The molecule has 0 aromatic heterocycles. The van der Waals surface area contributed by atoms with Crippen molar-refractivity contribution in [1.82, 2.24) is 9.80 Å². The number of ketones is 1. The molecule has 2 aromatic carbocycles. The van der Waals surface area contributed by atoms with E-state index in [1.54, 1.807) is 24.3 Å². The predicted molar refractivity (Wildman–Crippen MR) is 103 cm³/mol. The van der Waals surface area contributed by atoms with Gasteiger partial charge in [0.05, 0.1) is 0 Å². The molecule has 1 heterocycles. The number of hydrogen-bond acceptors (Lipinski definition) is 3. The SMILES string of the molecule is O=C(CCC(=O)N1CCN(Cc2ccccc2)CC1)c1ccc(Cl)cc1. The molecule has 0 saturated carbocycles. The lowest BCUT2D eigenvalue weighted by atomic mass is 10.1. The topological polar surface area (TPSA) is 40.6 Å². The Bertz CT molecular complexity index is 738. The van der Waals surface area contributed by atoms with Crippen molar-refractivity contribution in [2.24, 2.45) is 0 Å². The second-order valence-corrected chi connectivity index (χ2v) is 7.01. The first-order valence-corrected chi connectivity index (χ1v) is 9.32. The van der Waals surface area contributed by atoms with E-state index in [0.29, 0.717) is 10.6 Å². The van der Waals surface area contributed by atoms with Gasteiger partial charge < -0.3 is 4.90 Å². The van der Waals surface area contributed by atoms with Crippen LogP contribution >= 0.6 is 11.6 Å². The van der Waals surface area contributed by atoms with E-state index in [-0.39, 0.29) is 24.5 Å². The Hall–Kier alpha value is -2.17. The number of rotatable bonds is 6. The Morgan fingerprint density at radius 1 is 0.846 bits per heavy atom. The largest absolute Gasteiger partial charge is 0.340 e. The average molecular weight is 371 g/mol. The highest BCUT2D eigenvalue weighted by Gasteiger charge is 2.21. The highest BCUT2D eigenvalue weighted by molar-refractivity contribution is 6.30. The van der Waals surface area contributed by atoms with Crippen LogP contribution in [-0.4, -0.2) is 47.7 Å². The van der Waals surface area contributed by atoms with E-state index >= 15 is 0 Å². The molecule has 3 rings (SSSR count). The second-order valence-electron chi connectivity index (χ2n) is 6.57. The Balaban J connectivity index is 1.42. The van der Waals surface area contributed by atoms with Crippen LogP contribution in [0.1, 0.15) is 28.8 Å². The molecule has 1 amide bonds. The van der Waals surface area contributed by atoms with Crippen LogP contribution in [0.2, 0.25) is 5.02 Å². The van der Waals surface area contributed by atoms with Gasteiger partial charge in [0, 0.05) is 56.2 Å². The molecule has 136 valence electrons. The van der Waals surface area contributed by atoms with Crippen LogP contribution < -0.4 is 0 Å². The minimum atomic E-state index is -0.0160. The fraction of sp³-hybridized carbons (Fsp3) is 0.333. The van der Waals surface area contributed by atoms with Gasteiger partial charge in [0.1, 0.15) is 0 Å². The lowest BCUT2D eigenvalue weighted by Crippen LogP contribution is -2.48. The third kappa shape index (κ3) is 5.16. The molecule has 1 aliphatic heterocycles. The molecule has 5 heteroatoms. The molecule has 1 aliphatic rings. The first-order valence-electron chi connectivity index (χ1n) is 8.94. The van der Waals surface area contributed by atoms with Gasteiger partial charge in [0.15, 0.2) is 5.78 Å². The van der Waals surface area contributed by atoms with E-state index in [4.69, 9.17) is 11.6 Å². The molecule has 1 fully saturated rings. The zero-order chi connectivity index (χ0) is 18.4. The zero-order valence-corrected chi connectivity index (χ0v) is 15.5. The fourth-order valence-corrected chi connectivity index (χ4v) is 3.28. The van der Waals surface area contributed by atoms with Crippen molar-refractivity contribution in [2.75, 3.05) is 26.2 Å². The number of halogens is 1. The summed E-state index contributed by atoms with van der Waals surface area (Å²) in [6, 6.07) is 17.2. The molecule has 0 spiro atoms. The molecule has 0 aliphatic carbocycles. The number of piperazine rings is 1. The minimum Gasteiger partial charge on any atom is -0.340 e. The summed E-state index contributed by atoms with van der Waals surface area (Å²) in [7, 11) is 0. The molecule has 0 atom stereocenters. The van der Waals surface area contributed by atoms with Crippen molar-refractivity contribution in [3.05, 3.63) is 70.7 Å². The normalized spacial score (nSPS) is 15.0. The van der Waals surface area contributed by atoms with Gasteiger partial charge in [0.25, 0.3) is 0 Å². The molecule has 4 nitrogen and oxygen atoms in total. The van der Waals surface area contributed by atoms with Gasteiger partial charge in [-0.2, -0.15) is 0 Å². The Kier molecular flexibility index (Phi) is 6.42. The van der Waals surface area contributed by atoms with Crippen molar-refractivity contribution >= 4 is 23.3 Å². The zero-order valence-electron chi connectivity index (χ0n) is 14.7. The third-order valence-corrected chi connectivity index (χ3v) is 4.96. The summed E-state index contributed by atoms with van der Waals surface area (Å²) < 4.78 is 0. The van der Waals surface area contributed by atoms with Gasteiger partial charge in [-0.05, 0) is 29.8 Å². The van der Waals surface area contributed by atoms with E-state index in [0.717, 1.165) is 32.7 Å². The average Bonchev–Trinajstić information content (AvgIpc) is 2.68. The van der Waals surface area contributed by atoms with Crippen LogP contribution in [-0.2, 0) is 11.3 Å². The van der Waals surface area contributed by atoms with Crippen LogP contribution in [0.25, 0.3) is 0 Å². The Morgan fingerprint density at radius 2 is 1.50 bits per heavy atom. The van der Waals surface area contributed by atoms with Crippen LogP contribution in [0.5, 0.6) is 0 Å². The second kappa shape index (κ2) is 8.97. The maximum atomic E-state index is 12.4. The van der Waals surface area contributed by atoms with Gasteiger partial charge in [-0.15, -0.1) is 0 Å². The lowest BCUT2D eigenvalue weighted by molar-refractivity contribution is -0.132. The van der Waals surface area contributed by atoms with Gasteiger partial charge in [0.2, 0.25) is 5.91 Å². The number of Topliss-reactive ketones (excluding diaryl/α,β-unsaturated/α-hetero) is 1. The van der Waals surface area contributed by atoms with E-state index in [1.165, 1.54) is 5.56 Å². The lowest BCUT2D eigenvalue weighted by Gasteiger charge is -2.34. The minimum absolute atomic E-state index is 0.0160. The van der Waals surface area contributed by atoms with Crippen molar-refractivity contribution in [2.45, 2.75) is 19.4 Å². The standard InChI is InChI=1S/C21H23ClN2O2/c22-19-8-6-18(7-9-19)20(25)10-11-21(26)24-14-12-23(13-15-24)16-17-4-2-1-3-5-17/h1-9H,10-16H2. The first kappa shape index (κ1) is 18.6. The molecule has 0 radical (unpaired) electrons. The summed E-state index contributed by atoms with van der Waals surface area (Å²) >= 11 is 5.83. The molecule has 2 aromatic rings. The number of carbonyl (C=O) groups excluding carboxylic acids is 2. The van der Waals surface area contributed by atoms with E-state index in [1.807, 2.05) is 23.1 Å². The summed E-state index contributed by atoms with van der Waals surface area (Å²) in [6.45, 7) is 4.09. The predicted octanol–water partition coefficient (Wildman–Crippen LogP) is 3.65. The Labute approximate surface area is 159 Å². The molecular weight excluding hydrogens is 348 g/mol. The van der Waals surface area contributed by atoms with Crippen LogP contribution in [0.3, 0.4) is 0 Å². The summed E-state index contributed by atoms with van der Waals surface area (Å²) in [6.07, 6.45) is 0.505. The van der Waals surface area contributed by atoms with Crippen molar-refractivity contribution in [1.29, 1.82) is 0 Å². The summed E-state index contributed by atoms with van der Waals surface area (Å²) in [5.41, 5.74) is 1.90. The number of carbonyl (C=O) groups is 2. The first-order chi connectivity index (χ1) is 12.6. The highest BCUT2D eigenvalue weighted by Crippen LogP contribution is 2.14. The molecule has 0 unspecified atom stereocenters. The van der Waals surface area contributed by atoms with Crippen molar-refractivity contribution in [3.63, 3.8) is 0 Å². The van der Waals surface area contributed by atoms with Gasteiger partial charge in [-0.25, -0.2) is 0 Å². The van der Waals surface area contributed by atoms with E-state index in [9.17, 15) is 9.59 Å². The van der Waals surface area contributed by atoms with Gasteiger partial charge in [-0.1, -0.05) is 41.9 Å². The quantitative estimate of drug-likeness (QED) is 0.729. The summed E-state index contributed by atoms with van der Waals surface area (Å²) in [5, 5.41) is 0.603. The van der Waals surface area contributed by atoms with Crippen molar-refractivity contribution in [3.8, 4) is 0 Å². The molecule has 0 N–H and O–H groups in total.